The number of methoxy groups -OCH3 is 1. The predicted molar refractivity (Wildman–Crippen MR) is 88.5 cm³/mol. The summed E-state index contributed by atoms with van der Waals surface area (Å²) in [5.41, 5.74) is 1.73. The van der Waals surface area contributed by atoms with Crippen molar-refractivity contribution in [2.24, 2.45) is 12.5 Å². The molecule has 0 saturated carbocycles. The largest absolute Gasteiger partial charge is 0.383 e. The van der Waals surface area contributed by atoms with Gasteiger partial charge in [0.25, 0.3) is 0 Å². The third-order valence-electron chi connectivity index (χ3n) is 4.63. The first-order chi connectivity index (χ1) is 10.2. The van der Waals surface area contributed by atoms with Crippen molar-refractivity contribution < 1.29 is 4.74 Å². The molecule has 0 aromatic carbocycles. The second-order valence-corrected chi connectivity index (χ2v) is 6.07. The fourth-order valence-electron chi connectivity index (χ4n) is 2.90. The van der Waals surface area contributed by atoms with Crippen LogP contribution in [0.5, 0.6) is 0 Å². The number of aromatic nitrogens is 2. The van der Waals surface area contributed by atoms with Gasteiger partial charge in [0.2, 0.25) is 0 Å². The minimum absolute atomic E-state index is 0.397. The Kier molecular flexibility index (Phi) is 8.62. The highest BCUT2D eigenvalue weighted by molar-refractivity contribution is 5.01. The number of nitrogens with zero attached hydrogens (tertiary/aromatic N) is 2. The number of hydrogen-bond donors (Lipinski definition) is 1. The van der Waals surface area contributed by atoms with Crippen molar-refractivity contribution in [2.45, 2.75) is 52.4 Å². The molecule has 0 aliphatic heterocycles. The van der Waals surface area contributed by atoms with Crippen LogP contribution in [0, 0.1) is 5.41 Å². The molecular formula is C17H33N3O. The number of ether oxygens (including phenoxy) is 1. The normalized spacial score (nSPS) is 14.3. The summed E-state index contributed by atoms with van der Waals surface area (Å²) in [6, 6.07) is 2.14. The average molecular weight is 295 g/mol. The lowest BCUT2D eigenvalue weighted by atomic mass is 9.76. The molecule has 1 atom stereocenters. The molecule has 0 saturated heterocycles. The zero-order valence-corrected chi connectivity index (χ0v) is 14.3. The van der Waals surface area contributed by atoms with Gasteiger partial charge < -0.3 is 10.1 Å². The first-order valence-electron chi connectivity index (χ1n) is 8.34. The number of aryl methyl sites for hydroxylation is 2. The smallest absolute Gasteiger partial charge is 0.0587 e. The van der Waals surface area contributed by atoms with Gasteiger partial charge in [0.15, 0.2) is 0 Å². The minimum atomic E-state index is 0.397. The van der Waals surface area contributed by atoms with Crippen LogP contribution in [0.1, 0.15) is 51.6 Å². The van der Waals surface area contributed by atoms with E-state index >= 15 is 0 Å². The molecule has 0 amide bonds. The zero-order chi connectivity index (χ0) is 15.6. The van der Waals surface area contributed by atoms with E-state index in [-0.39, 0.29) is 0 Å². The molecule has 0 spiro atoms. The number of nitrogens with one attached hydrogen (secondary N) is 1. The third-order valence-corrected chi connectivity index (χ3v) is 4.63. The van der Waals surface area contributed by atoms with E-state index < -0.39 is 0 Å². The van der Waals surface area contributed by atoms with Gasteiger partial charge in [-0.2, -0.15) is 5.10 Å². The lowest BCUT2D eigenvalue weighted by Crippen LogP contribution is -2.36. The standard InChI is InChI=1S/C17H33N3O/c1-5-7-10-17(6-2,15-18-13-14-21-4)11-8-16-9-12-19-20(16)3/h9,12,18H,5-8,10-11,13-15H2,1-4H3. The van der Waals surface area contributed by atoms with Crippen molar-refractivity contribution in [3.8, 4) is 0 Å². The Morgan fingerprint density at radius 3 is 2.71 bits per heavy atom. The second kappa shape index (κ2) is 9.96. The van der Waals surface area contributed by atoms with Crippen LogP contribution in [0.25, 0.3) is 0 Å². The van der Waals surface area contributed by atoms with Crippen LogP contribution in [-0.2, 0) is 18.2 Å². The van der Waals surface area contributed by atoms with E-state index in [0.29, 0.717) is 5.41 Å². The summed E-state index contributed by atoms with van der Waals surface area (Å²) in [6.45, 7) is 7.42. The zero-order valence-electron chi connectivity index (χ0n) is 14.3. The van der Waals surface area contributed by atoms with Crippen molar-refractivity contribution in [1.82, 2.24) is 15.1 Å². The number of rotatable bonds is 12. The van der Waals surface area contributed by atoms with E-state index in [1.165, 1.54) is 37.8 Å². The van der Waals surface area contributed by atoms with Crippen LogP contribution < -0.4 is 5.32 Å². The van der Waals surface area contributed by atoms with Crippen molar-refractivity contribution in [1.29, 1.82) is 0 Å². The highest BCUT2D eigenvalue weighted by Crippen LogP contribution is 2.33. The van der Waals surface area contributed by atoms with Gasteiger partial charge in [-0.15, -0.1) is 0 Å². The van der Waals surface area contributed by atoms with Crippen LogP contribution in [0.3, 0.4) is 0 Å². The molecule has 1 heterocycles. The molecule has 1 aromatic heterocycles. The molecule has 4 nitrogen and oxygen atoms in total. The summed E-state index contributed by atoms with van der Waals surface area (Å²) in [6.07, 6.45) is 9.34. The Bertz CT molecular complexity index is 378. The fraction of sp³-hybridized carbons (Fsp3) is 0.824. The first-order valence-corrected chi connectivity index (χ1v) is 8.34. The monoisotopic (exact) mass is 295 g/mol. The first kappa shape index (κ1) is 18.2. The Balaban J connectivity index is 2.58. The van der Waals surface area contributed by atoms with E-state index in [2.05, 4.69) is 30.3 Å². The molecule has 21 heavy (non-hydrogen) atoms. The predicted octanol–water partition coefficient (Wildman–Crippen LogP) is 3.18. The van der Waals surface area contributed by atoms with Crippen molar-refractivity contribution in [3.05, 3.63) is 18.0 Å². The van der Waals surface area contributed by atoms with Crippen LogP contribution in [0.2, 0.25) is 0 Å². The van der Waals surface area contributed by atoms with Crippen LogP contribution >= 0.6 is 0 Å². The van der Waals surface area contributed by atoms with E-state index in [0.717, 1.165) is 26.1 Å². The second-order valence-electron chi connectivity index (χ2n) is 6.07. The van der Waals surface area contributed by atoms with Crippen molar-refractivity contribution in [2.75, 3.05) is 26.8 Å². The quantitative estimate of drug-likeness (QED) is 0.602. The molecule has 122 valence electrons. The van der Waals surface area contributed by atoms with Gasteiger partial charge in [-0.05, 0) is 37.2 Å². The SMILES string of the molecule is CCCCC(CC)(CCc1ccnn1C)CNCCOC. The molecule has 0 radical (unpaired) electrons. The summed E-state index contributed by atoms with van der Waals surface area (Å²) >= 11 is 0. The molecule has 1 N–H and O–H groups in total. The molecular weight excluding hydrogens is 262 g/mol. The summed E-state index contributed by atoms with van der Waals surface area (Å²) in [7, 11) is 3.79. The maximum absolute atomic E-state index is 5.13. The number of hydrogen-bond acceptors (Lipinski definition) is 3. The summed E-state index contributed by atoms with van der Waals surface area (Å²) in [5, 5.41) is 7.86. The van der Waals surface area contributed by atoms with Gasteiger partial charge in [0.1, 0.15) is 0 Å². The summed E-state index contributed by atoms with van der Waals surface area (Å²) < 4.78 is 7.13. The molecule has 1 aromatic rings. The van der Waals surface area contributed by atoms with Crippen LogP contribution in [0.4, 0.5) is 0 Å². The Labute approximate surface area is 130 Å². The summed E-state index contributed by atoms with van der Waals surface area (Å²) in [5.74, 6) is 0. The van der Waals surface area contributed by atoms with E-state index in [4.69, 9.17) is 4.74 Å². The Morgan fingerprint density at radius 1 is 1.33 bits per heavy atom. The molecule has 0 fully saturated rings. The van der Waals surface area contributed by atoms with Gasteiger partial charge in [-0.1, -0.05) is 26.7 Å². The van der Waals surface area contributed by atoms with Gasteiger partial charge in [0, 0.05) is 39.1 Å². The molecule has 4 heteroatoms. The molecule has 0 aliphatic carbocycles. The summed E-state index contributed by atoms with van der Waals surface area (Å²) in [4.78, 5) is 0. The van der Waals surface area contributed by atoms with Crippen LogP contribution in [-0.4, -0.2) is 36.6 Å². The fourth-order valence-corrected chi connectivity index (χ4v) is 2.90. The van der Waals surface area contributed by atoms with Gasteiger partial charge in [0.05, 0.1) is 6.61 Å². The molecule has 0 bridgehead atoms. The van der Waals surface area contributed by atoms with E-state index in [1.54, 1.807) is 7.11 Å². The van der Waals surface area contributed by atoms with Crippen LogP contribution in [0.15, 0.2) is 12.3 Å². The third kappa shape index (κ3) is 6.18. The Morgan fingerprint density at radius 2 is 2.14 bits per heavy atom. The minimum Gasteiger partial charge on any atom is -0.383 e. The number of unbranched alkanes of at least 4 members (excludes halogenated alkanes) is 1. The highest BCUT2D eigenvalue weighted by Gasteiger charge is 2.27. The maximum atomic E-state index is 5.13. The Hall–Kier alpha value is -0.870. The van der Waals surface area contributed by atoms with E-state index in [9.17, 15) is 0 Å². The van der Waals surface area contributed by atoms with Crippen molar-refractivity contribution in [3.63, 3.8) is 0 Å². The van der Waals surface area contributed by atoms with Crippen molar-refractivity contribution >= 4 is 0 Å². The lowest BCUT2D eigenvalue weighted by molar-refractivity contribution is 0.176. The van der Waals surface area contributed by atoms with E-state index in [1.807, 2.05) is 17.9 Å². The maximum Gasteiger partial charge on any atom is 0.0587 e. The molecule has 0 aliphatic rings. The lowest BCUT2D eigenvalue weighted by Gasteiger charge is -2.33. The van der Waals surface area contributed by atoms with Gasteiger partial charge in [-0.3, -0.25) is 4.68 Å². The highest BCUT2D eigenvalue weighted by atomic mass is 16.5. The molecule has 1 rings (SSSR count). The molecule has 1 unspecified atom stereocenters. The average Bonchev–Trinajstić information content (AvgIpc) is 2.91. The topological polar surface area (TPSA) is 39.1 Å². The van der Waals surface area contributed by atoms with Gasteiger partial charge in [-0.25, -0.2) is 0 Å². The van der Waals surface area contributed by atoms with Gasteiger partial charge >= 0.3 is 0 Å².